The third kappa shape index (κ3) is 6.08. The summed E-state index contributed by atoms with van der Waals surface area (Å²) in [6, 6.07) is 0. The molecule has 0 bridgehead atoms. The minimum atomic E-state index is -0.444. The highest BCUT2D eigenvalue weighted by Crippen LogP contribution is 2.01. The standard InChI is InChI=1S/C10H16O3/c1-4-9(5-2)7-13-10(12)6-8(3)11/h4H,5-7H2,1-3H3. The van der Waals surface area contributed by atoms with Gasteiger partial charge in [-0.1, -0.05) is 13.0 Å². The van der Waals surface area contributed by atoms with Gasteiger partial charge in [0.1, 0.15) is 18.8 Å². The molecule has 3 nitrogen and oxygen atoms in total. The topological polar surface area (TPSA) is 43.4 Å². The normalized spacial score (nSPS) is 11.2. The van der Waals surface area contributed by atoms with Gasteiger partial charge in [0.25, 0.3) is 0 Å². The molecule has 0 amide bonds. The van der Waals surface area contributed by atoms with Crippen molar-refractivity contribution in [2.75, 3.05) is 6.61 Å². The van der Waals surface area contributed by atoms with E-state index < -0.39 is 5.97 Å². The van der Waals surface area contributed by atoms with Gasteiger partial charge in [-0.15, -0.1) is 0 Å². The van der Waals surface area contributed by atoms with E-state index in [-0.39, 0.29) is 12.2 Å². The molecule has 13 heavy (non-hydrogen) atoms. The van der Waals surface area contributed by atoms with E-state index in [1.165, 1.54) is 6.92 Å². The number of carbonyl (C=O) groups is 2. The fourth-order valence-corrected chi connectivity index (χ4v) is 0.817. The van der Waals surface area contributed by atoms with Crippen molar-refractivity contribution in [3.8, 4) is 0 Å². The van der Waals surface area contributed by atoms with Crippen molar-refractivity contribution in [2.24, 2.45) is 0 Å². The van der Waals surface area contributed by atoms with Crippen LogP contribution in [0.2, 0.25) is 0 Å². The minimum Gasteiger partial charge on any atom is -0.461 e. The van der Waals surface area contributed by atoms with Gasteiger partial charge in [-0.3, -0.25) is 9.59 Å². The summed E-state index contributed by atoms with van der Waals surface area (Å²) in [6.45, 7) is 5.57. The first kappa shape index (κ1) is 11.9. The second kappa shape index (κ2) is 6.40. The molecule has 0 aliphatic rings. The van der Waals surface area contributed by atoms with Gasteiger partial charge in [-0.25, -0.2) is 0 Å². The Hall–Kier alpha value is -1.12. The predicted molar refractivity (Wildman–Crippen MR) is 50.3 cm³/mol. The molecule has 0 radical (unpaired) electrons. The van der Waals surface area contributed by atoms with Gasteiger partial charge >= 0.3 is 5.97 Å². The highest BCUT2D eigenvalue weighted by Gasteiger charge is 2.06. The van der Waals surface area contributed by atoms with Crippen molar-refractivity contribution in [3.63, 3.8) is 0 Å². The second-order valence-corrected chi connectivity index (χ2v) is 2.84. The Morgan fingerprint density at radius 3 is 2.38 bits per heavy atom. The van der Waals surface area contributed by atoms with Crippen LogP contribution in [-0.4, -0.2) is 18.4 Å². The molecule has 0 aliphatic carbocycles. The summed E-state index contributed by atoms with van der Waals surface area (Å²) < 4.78 is 4.87. The second-order valence-electron chi connectivity index (χ2n) is 2.84. The van der Waals surface area contributed by atoms with Crippen LogP contribution in [0.3, 0.4) is 0 Å². The molecule has 3 heteroatoms. The maximum absolute atomic E-state index is 10.9. The maximum atomic E-state index is 10.9. The number of ketones is 1. The van der Waals surface area contributed by atoms with Crippen LogP contribution in [0.5, 0.6) is 0 Å². The molecule has 0 aromatic heterocycles. The van der Waals surface area contributed by atoms with E-state index in [2.05, 4.69) is 0 Å². The van der Waals surface area contributed by atoms with Gasteiger partial charge in [0.2, 0.25) is 0 Å². The van der Waals surface area contributed by atoms with Gasteiger partial charge < -0.3 is 4.74 Å². The molecular formula is C10H16O3. The molecule has 0 spiro atoms. The van der Waals surface area contributed by atoms with Crippen molar-refractivity contribution in [1.29, 1.82) is 0 Å². The third-order valence-electron chi connectivity index (χ3n) is 1.67. The highest BCUT2D eigenvalue weighted by molar-refractivity contribution is 5.94. The summed E-state index contributed by atoms with van der Waals surface area (Å²) in [7, 11) is 0. The fraction of sp³-hybridized carbons (Fsp3) is 0.600. The molecule has 0 atom stereocenters. The Bertz CT molecular complexity index is 216. The molecule has 0 rings (SSSR count). The number of hydrogen-bond donors (Lipinski definition) is 0. The zero-order valence-corrected chi connectivity index (χ0v) is 8.42. The van der Waals surface area contributed by atoms with Crippen LogP contribution < -0.4 is 0 Å². The summed E-state index contributed by atoms with van der Waals surface area (Å²) >= 11 is 0. The van der Waals surface area contributed by atoms with E-state index in [4.69, 9.17) is 4.74 Å². The van der Waals surface area contributed by atoms with E-state index in [0.717, 1.165) is 12.0 Å². The minimum absolute atomic E-state index is 0.124. The van der Waals surface area contributed by atoms with Crippen molar-refractivity contribution in [1.82, 2.24) is 0 Å². The van der Waals surface area contributed by atoms with E-state index >= 15 is 0 Å². The quantitative estimate of drug-likeness (QED) is 0.372. The Balaban J connectivity index is 3.76. The average molecular weight is 184 g/mol. The largest absolute Gasteiger partial charge is 0.461 e. The number of hydrogen-bond acceptors (Lipinski definition) is 3. The van der Waals surface area contributed by atoms with Gasteiger partial charge in [0, 0.05) is 0 Å². The summed E-state index contributed by atoms with van der Waals surface area (Å²) in [5.74, 6) is -0.608. The van der Waals surface area contributed by atoms with Crippen LogP contribution in [-0.2, 0) is 14.3 Å². The number of allylic oxidation sites excluding steroid dienone is 1. The Morgan fingerprint density at radius 1 is 1.38 bits per heavy atom. The third-order valence-corrected chi connectivity index (χ3v) is 1.67. The number of esters is 1. The number of ether oxygens (including phenoxy) is 1. The first-order valence-corrected chi connectivity index (χ1v) is 4.39. The average Bonchev–Trinajstić information content (AvgIpc) is 2.05. The number of Topliss-reactive ketones (excluding diaryl/α,β-unsaturated/α-hetero) is 1. The summed E-state index contributed by atoms with van der Waals surface area (Å²) in [4.78, 5) is 21.4. The zero-order chi connectivity index (χ0) is 10.3. The molecule has 0 saturated carbocycles. The molecule has 0 saturated heterocycles. The molecular weight excluding hydrogens is 168 g/mol. The SMILES string of the molecule is CC=C(CC)COC(=O)CC(C)=O. The van der Waals surface area contributed by atoms with Crippen LogP contribution in [0.1, 0.15) is 33.6 Å². The Labute approximate surface area is 78.8 Å². The molecule has 0 N–H and O–H groups in total. The molecule has 0 heterocycles. The monoisotopic (exact) mass is 184 g/mol. The first-order valence-electron chi connectivity index (χ1n) is 4.39. The lowest BCUT2D eigenvalue weighted by Crippen LogP contribution is -2.10. The molecule has 0 fully saturated rings. The molecule has 0 aromatic rings. The van der Waals surface area contributed by atoms with Crippen LogP contribution in [0.4, 0.5) is 0 Å². The van der Waals surface area contributed by atoms with Crippen molar-refractivity contribution < 1.29 is 14.3 Å². The van der Waals surface area contributed by atoms with Gasteiger partial charge in [-0.2, -0.15) is 0 Å². The van der Waals surface area contributed by atoms with Crippen LogP contribution in [0.25, 0.3) is 0 Å². The van der Waals surface area contributed by atoms with Crippen LogP contribution in [0, 0.1) is 0 Å². The molecule has 0 unspecified atom stereocenters. The van der Waals surface area contributed by atoms with Crippen LogP contribution in [0.15, 0.2) is 11.6 Å². The Morgan fingerprint density at radius 2 is 2.00 bits per heavy atom. The van der Waals surface area contributed by atoms with Crippen molar-refractivity contribution >= 4 is 11.8 Å². The molecule has 74 valence electrons. The van der Waals surface area contributed by atoms with Gasteiger partial charge in [-0.05, 0) is 25.8 Å². The molecule has 0 aromatic carbocycles. The smallest absolute Gasteiger partial charge is 0.313 e. The predicted octanol–water partition coefficient (Wildman–Crippen LogP) is 1.86. The molecule has 0 aliphatic heterocycles. The van der Waals surface area contributed by atoms with E-state index in [1.54, 1.807) is 0 Å². The summed E-state index contributed by atoms with van der Waals surface area (Å²) in [5, 5.41) is 0. The lowest BCUT2D eigenvalue weighted by Gasteiger charge is -2.04. The Kier molecular flexibility index (Phi) is 5.85. The number of carbonyl (C=O) groups excluding carboxylic acids is 2. The van der Waals surface area contributed by atoms with Crippen LogP contribution >= 0.6 is 0 Å². The van der Waals surface area contributed by atoms with Crippen molar-refractivity contribution in [2.45, 2.75) is 33.6 Å². The lowest BCUT2D eigenvalue weighted by molar-refractivity contribution is -0.144. The van der Waals surface area contributed by atoms with Gasteiger partial charge in [0.15, 0.2) is 0 Å². The van der Waals surface area contributed by atoms with Gasteiger partial charge in [0.05, 0.1) is 0 Å². The van der Waals surface area contributed by atoms with E-state index in [1.807, 2.05) is 19.9 Å². The first-order chi connectivity index (χ1) is 6.10. The van der Waals surface area contributed by atoms with E-state index in [0.29, 0.717) is 6.61 Å². The summed E-state index contributed by atoms with van der Waals surface area (Å²) in [5.41, 5.74) is 1.07. The number of rotatable bonds is 5. The van der Waals surface area contributed by atoms with E-state index in [9.17, 15) is 9.59 Å². The highest BCUT2D eigenvalue weighted by atomic mass is 16.5. The zero-order valence-electron chi connectivity index (χ0n) is 8.42. The fourth-order valence-electron chi connectivity index (χ4n) is 0.817. The lowest BCUT2D eigenvalue weighted by atomic mass is 10.2. The maximum Gasteiger partial charge on any atom is 0.313 e. The summed E-state index contributed by atoms with van der Waals surface area (Å²) in [6.07, 6.45) is 2.66. The van der Waals surface area contributed by atoms with Crippen molar-refractivity contribution in [3.05, 3.63) is 11.6 Å².